The minimum absolute atomic E-state index is 0. The summed E-state index contributed by atoms with van der Waals surface area (Å²) >= 11 is 0. The molecular weight excluding hydrogens is 448 g/mol. The number of benzene rings is 3. The number of rotatable bonds is 9. The van der Waals surface area contributed by atoms with Crippen LogP contribution in [0.15, 0.2) is 78.9 Å². The number of ether oxygens (including phenoxy) is 1. The van der Waals surface area contributed by atoms with E-state index >= 15 is 0 Å². The van der Waals surface area contributed by atoms with E-state index in [1.165, 1.54) is 11.1 Å². The topological polar surface area (TPSA) is 70.6 Å². The van der Waals surface area contributed by atoms with Gasteiger partial charge in [-0.15, -0.1) is 12.4 Å². The van der Waals surface area contributed by atoms with Gasteiger partial charge < -0.3 is 20.5 Å². The molecule has 3 aromatic rings. The van der Waals surface area contributed by atoms with Gasteiger partial charge in [0.05, 0.1) is 0 Å². The second-order valence-corrected chi connectivity index (χ2v) is 8.63. The molecule has 3 N–H and O–H groups in total. The molecule has 0 saturated heterocycles. The number of halogens is 1. The first-order valence-corrected chi connectivity index (χ1v) is 11.7. The van der Waals surface area contributed by atoms with Gasteiger partial charge in [-0.3, -0.25) is 4.79 Å². The first-order valence-electron chi connectivity index (χ1n) is 11.7. The van der Waals surface area contributed by atoms with E-state index < -0.39 is 6.10 Å². The number of amides is 1. The summed E-state index contributed by atoms with van der Waals surface area (Å²) < 4.78 is 5.66. The molecule has 0 saturated carbocycles. The van der Waals surface area contributed by atoms with Gasteiger partial charge in [0.2, 0.25) is 0 Å². The van der Waals surface area contributed by atoms with Crippen molar-refractivity contribution in [2.75, 3.05) is 13.2 Å². The first-order chi connectivity index (χ1) is 16.2. The van der Waals surface area contributed by atoms with Crippen molar-refractivity contribution in [3.05, 3.63) is 101 Å². The van der Waals surface area contributed by atoms with E-state index in [1.54, 1.807) is 0 Å². The Kier molecular flexibility index (Phi) is 9.95. The summed E-state index contributed by atoms with van der Waals surface area (Å²) in [5.41, 5.74) is 4.48. The zero-order valence-electron chi connectivity index (χ0n) is 19.3. The van der Waals surface area contributed by atoms with Gasteiger partial charge in [-0.05, 0) is 66.6 Å². The van der Waals surface area contributed by atoms with Gasteiger partial charge in [0.1, 0.15) is 18.5 Å². The van der Waals surface area contributed by atoms with E-state index in [0.29, 0.717) is 24.7 Å². The fourth-order valence-electron chi connectivity index (χ4n) is 4.25. The maximum Gasteiger partial charge on any atom is 0.251 e. The molecule has 1 aliphatic carbocycles. The number of fused-ring (bicyclic) bond motifs is 1. The number of aliphatic hydroxyl groups excluding tert-OH is 1. The molecule has 180 valence electrons. The normalized spacial score (nSPS) is 15.9. The van der Waals surface area contributed by atoms with Gasteiger partial charge >= 0.3 is 0 Å². The van der Waals surface area contributed by atoms with Gasteiger partial charge in [-0.1, -0.05) is 54.6 Å². The third-order valence-electron chi connectivity index (χ3n) is 6.05. The Morgan fingerprint density at radius 3 is 2.50 bits per heavy atom. The van der Waals surface area contributed by atoms with Crippen LogP contribution in [0.5, 0.6) is 5.75 Å². The number of carbonyl (C=O) groups is 1. The largest absolute Gasteiger partial charge is 0.491 e. The fraction of sp³-hybridized carbons (Fsp3) is 0.321. The van der Waals surface area contributed by atoms with Gasteiger partial charge in [0, 0.05) is 24.7 Å². The van der Waals surface area contributed by atoms with Crippen LogP contribution in [0.1, 0.15) is 39.9 Å². The Hall–Kier alpha value is -2.86. The van der Waals surface area contributed by atoms with Crippen LogP contribution < -0.4 is 15.4 Å². The van der Waals surface area contributed by atoms with E-state index in [2.05, 4.69) is 28.8 Å². The zero-order valence-corrected chi connectivity index (χ0v) is 20.1. The highest BCUT2D eigenvalue weighted by Gasteiger charge is 2.18. The predicted octanol–water partition coefficient (Wildman–Crippen LogP) is 4.32. The molecular formula is C28H33ClN2O3. The standard InChI is InChI=1S/C28H32N2O3.ClH/c31-26(20-33-27-12-5-2-6-13-27)19-29-25-11-7-10-22-15-14-21(16-24(22)17-25)18-30-28(32)23-8-3-1-4-9-23;/h1-6,8-9,12-16,25-26,29,31H,7,10-11,17-20H2,(H,30,32);1H/t25?,26-;/m0./s1. The molecule has 2 atom stereocenters. The monoisotopic (exact) mass is 480 g/mol. The van der Waals surface area contributed by atoms with E-state index in [-0.39, 0.29) is 24.9 Å². The Bertz CT molecular complexity index is 1030. The number of carbonyl (C=O) groups excluding carboxylic acids is 1. The lowest BCUT2D eigenvalue weighted by Crippen LogP contribution is -2.39. The molecule has 6 heteroatoms. The molecule has 34 heavy (non-hydrogen) atoms. The van der Waals surface area contributed by atoms with E-state index in [1.807, 2.05) is 60.7 Å². The Labute approximate surface area is 208 Å². The molecule has 1 aliphatic rings. The molecule has 4 rings (SSSR count). The maximum atomic E-state index is 12.4. The molecule has 0 bridgehead atoms. The van der Waals surface area contributed by atoms with Crippen molar-refractivity contribution in [2.45, 2.75) is 44.4 Å². The number of hydrogen-bond acceptors (Lipinski definition) is 4. The summed E-state index contributed by atoms with van der Waals surface area (Å²) in [5.74, 6) is 0.712. The molecule has 0 aliphatic heterocycles. The van der Waals surface area contributed by atoms with Crippen molar-refractivity contribution in [1.82, 2.24) is 10.6 Å². The average molecular weight is 481 g/mol. The molecule has 0 radical (unpaired) electrons. The van der Waals surface area contributed by atoms with Gasteiger partial charge in [0.15, 0.2) is 0 Å². The molecule has 0 spiro atoms. The molecule has 5 nitrogen and oxygen atoms in total. The number of nitrogens with one attached hydrogen (secondary N) is 2. The lowest BCUT2D eigenvalue weighted by atomic mass is 9.99. The van der Waals surface area contributed by atoms with Crippen LogP contribution in [0, 0.1) is 0 Å². The van der Waals surface area contributed by atoms with Crippen LogP contribution in [-0.2, 0) is 19.4 Å². The van der Waals surface area contributed by atoms with Gasteiger partial charge in [-0.2, -0.15) is 0 Å². The van der Waals surface area contributed by atoms with Crippen LogP contribution in [0.2, 0.25) is 0 Å². The molecule has 1 amide bonds. The Morgan fingerprint density at radius 2 is 1.74 bits per heavy atom. The van der Waals surface area contributed by atoms with Crippen LogP contribution >= 0.6 is 12.4 Å². The number of aryl methyl sites for hydroxylation is 1. The molecule has 0 fully saturated rings. The molecule has 0 heterocycles. The van der Waals surface area contributed by atoms with Crippen molar-refractivity contribution in [3.63, 3.8) is 0 Å². The van der Waals surface area contributed by atoms with Crippen LogP contribution in [0.3, 0.4) is 0 Å². The fourth-order valence-corrected chi connectivity index (χ4v) is 4.25. The minimum Gasteiger partial charge on any atom is -0.491 e. The minimum atomic E-state index is -0.563. The highest BCUT2D eigenvalue weighted by molar-refractivity contribution is 5.94. The van der Waals surface area contributed by atoms with E-state index in [9.17, 15) is 9.90 Å². The summed E-state index contributed by atoms with van der Waals surface area (Å²) in [4.78, 5) is 12.4. The quantitative estimate of drug-likeness (QED) is 0.399. The molecule has 1 unspecified atom stereocenters. The second-order valence-electron chi connectivity index (χ2n) is 8.63. The molecule has 3 aromatic carbocycles. The van der Waals surface area contributed by atoms with Crippen LogP contribution in [0.25, 0.3) is 0 Å². The van der Waals surface area contributed by atoms with E-state index in [0.717, 1.165) is 37.0 Å². The van der Waals surface area contributed by atoms with Crippen LogP contribution in [0.4, 0.5) is 0 Å². The highest BCUT2D eigenvalue weighted by Crippen LogP contribution is 2.22. The predicted molar refractivity (Wildman–Crippen MR) is 138 cm³/mol. The summed E-state index contributed by atoms with van der Waals surface area (Å²) in [7, 11) is 0. The van der Waals surface area contributed by atoms with Crippen molar-refractivity contribution >= 4 is 18.3 Å². The van der Waals surface area contributed by atoms with Crippen molar-refractivity contribution in [3.8, 4) is 5.75 Å². The second kappa shape index (κ2) is 13.1. The van der Waals surface area contributed by atoms with E-state index in [4.69, 9.17) is 4.74 Å². The SMILES string of the molecule is Cl.O=C(NCc1ccc2c(c1)CC(NC[C@H](O)COc1ccccc1)CCC2)c1ccccc1. The Balaban J connectivity index is 0.00000324. The zero-order chi connectivity index (χ0) is 22.9. The third kappa shape index (κ3) is 7.59. The third-order valence-corrected chi connectivity index (χ3v) is 6.05. The van der Waals surface area contributed by atoms with Crippen LogP contribution in [-0.4, -0.2) is 36.3 Å². The summed E-state index contributed by atoms with van der Waals surface area (Å²) in [6.45, 7) is 1.28. The van der Waals surface area contributed by atoms with Gasteiger partial charge in [0.25, 0.3) is 5.91 Å². The van der Waals surface area contributed by atoms with Gasteiger partial charge in [-0.25, -0.2) is 0 Å². The number of hydrogen-bond donors (Lipinski definition) is 3. The lowest BCUT2D eigenvalue weighted by Gasteiger charge is -2.20. The maximum absolute atomic E-state index is 12.4. The highest BCUT2D eigenvalue weighted by atomic mass is 35.5. The summed E-state index contributed by atoms with van der Waals surface area (Å²) in [5, 5.41) is 16.9. The Morgan fingerprint density at radius 1 is 1.00 bits per heavy atom. The summed E-state index contributed by atoms with van der Waals surface area (Å²) in [6, 6.07) is 25.7. The molecule has 0 aromatic heterocycles. The lowest BCUT2D eigenvalue weighted by molar-refractivity contribution is 0.0951. The average Bonchev–Trinajstić information content (AvgIpc) is 3.07. The number of para-hydroxylation sites is 1. The summed E-state index contributed by atoms with van der Waals surface area (Å²) in [6.07, 6.45) is 3.60. The van der Waals surface area contributed by atoms with Crippen molar-refractivity contribution in [1.29, 1.82) is 0 Å². The van der Waals surface area contributed by atoms with Crippen molar-refractivity contribution < 1.29 is 14.6 Å². The van der Waals surface area contributed by atoms with Crippen molar-refractivity contribution in [2.24, 2.45) is 0 Å². The smallest absolute Gasteiger partial charge is 0.251 e. The number of aliphatic hydroxyl groups is 1. The first kappa shape index (κ1) is 25.8.